The van der Waals surface area contributed by atoms with Gasteiger partial charge in [0.05, 0.1) is 12.1 Å². The molecule has 1 rings (SSSR count). The van der Waals surface area contributed by atoms with Crippen molar-refractivity contribution in [2.24, 2.45) is 5.73 Å². The average Bonchev–Trinajstić information content (AvgIpc) is 2.11. The highest BCUT2D eigenvalue weighted by Gasteiger charge is 2.25. The van der Waals surface area contributed by atoms with Gasteiger partial charge in [0.2, 0.25) is 0 Å². The molecule has 1 unspecified atom stereocenters. The number of phenols is 1. The molecule has 0 bridgehead atoms. The Morgan fingerprint density at radius 2 is 1.93 bits per heavy atom. The largest absolute Gasteiger partial charge is 0.505 e. The lowest BCUT2D eigenvalue weighted by Gasteiger charge is -2.22. The number of hydrogen-bond donors (Lipinski definition) is 3. The summed E-state index contributed by atoms with van der Waals surface area (Å²) in [5.41, 5.74) is 3.99. The lowest BCUT2D eigenvalue weighted by Crippen LogP contribution is -2.38. The van der Waals surface area contributed by atoms with Crippen molar-refractivity contribution in [3.8, 4) is 5.75 Å². The van der Waals surface area contributed by atoms with Crippen LogP contribution < -0.4 is 5.73 Å². The predicted octanol–water partition coefficient (Wildman–Crippen LogP) is 0.837. The first-order chi connectivity index (χ1) is 6.38. The summed E-state index contributed by atoms with van der Waals surface area (Å²) in [6.45, 7) is 0.843. The lowest BCUT2D eigenvalue weighted by molar-refractivity contribution is 0.205. The summed E-state index contributed by atoms with van der Waals surface area (Å²) in [5, 5.41) is 17.7. The summed E-state index contributed by atoms with van der Waals surface area (Å²) in [6, 6.07) is 1.41. The molecule has 14 heavy (non-hydrogen) atoms. The van der Waals surface area contributed by atoms with E-state index in [2.05, 4.69) is 0 Å². The van der Waals surface area contributed by atoms with Crippen LogP contribution in [-0.4, -0.2) is 16.8 Å². The van der Waals surface area contributed by atoms with Crippen molar-refractivity contribution in [1.82, 2.24) is 0 Å². The molecule has 1 atom stereocenters. The van der Waals surface area contributed by atoms with Crippen LogP contribution in [0.1, 0.15) is 12.5 Å². The quantitative estimate of drug-likeness (QED) is 0.667. The average molecular weight is 203 g/mol. The zero-order chi connectivity index (χ0) is 10.9. The van der Waals surface area contributed by atoms with Crippen molar-refractivity contribution < 1.29 is 19.0 Å². The second kappa shape index (κ2) is 3.51. The van der Waals surface area contributed by atoms with Gasteiger partial charge in [0.15, 0.2) is 11.6 Å². The monoisotopic (exact) mass is 203 g/mol. The fourth-order valence-corrected chi connectivity index (χ4v) is 1.06. The summed E-state index contributed by atoms with van der Waals surface area (Å²) in [6.07, 6.45) is 0. The maximum atomic E-state index is 13.2. The van der Waals surface area contributed by atoms with Gasteiger partial charge < -0.3 is 15.9 Å². The van der Waals surface area contributed by atoms with Gasteiger partial charge in [0.1, 0.15) is 5.82 Å². The third kappa shape index (κ3) is 1.83. The molecule has 0 saturated heterocycles. The summed E-state index contributed by atoms with van der Waals surface area (Å²) < 4.78 is 26.1. The molecule has 4 N–H and O–H groups in total. The van der Waals surface area contributed by atoms with E-state index in [1.807, 2.05) is 0 Å². The van der Waals surface area contributed by atoms with E-state index >= 15 is 0 Å². The van der Waals surface area contributed by atoms with E-state index in [0.717, 1.165) is 6.07 Å². The molecule has 0 aliphatic carbocycles. The molecule has 0 aromatic heterocycles. The van der Waals surface area contributed by atoms with Crippen molar-refractivity contribution in [3.63, 3.8) is 0 Å². The van der Waals surface area contributed by atoms with Crippen LogP contribution in [0.2, 0.25) is 0 Å². The standard InChI is InChI=1S/C9H11F2NO2/c1-9(12,4-13)5-2-7(11)8(14)3-6(5)10/h2-3,13-14H,4,12H2,1H3. The first kappa shape index (κ1) is 10.9. The summed E-state index contributed by atoms with van der Waals surface area (Å²) in [7, 11) is 0. The molecule has 0 aliphatic rings. The first-order valence-corrected chi connectivity index (χ1v) is 3.96. The Hall–Kier alpha value is -1.20. The zero-order valence-corrected chi connectivity index (χ0v) is 7.59. The fraction of sp³-hybridized carbons (Fsp3) is 0.333. The van der Waals surface area contributed by atoms with Crippen LogP contribution in [0.15, 0.2) is 12.1 Å². The van der Waals surface area contributed by atoms with Crippen LogP contribution >= 0.6 is 0 Å². The number of nitrogens with two attached hydrogens (primary N) is 1. The predicted molar refractivity (Wildman–Crippen MR) is 46.6 cm³/mol. The Balaban J connectivity index is 3.29. The second-order valence-electron chi connectivity index (χ2n) is 3.36. The Morgan fingerprint density at radius 1 is 1.36 bits per heavy atom. The number of phenolic OH excluding ortho intramolecular Hbond substituents is 1. The molecule has 0 fully saturated rings. The first-order valence-electron chi connectivity index (χ1n) is 3.96. The van der Waals surface area contributed by atoms with Gasteiger partial charge in [-0.25, -0.2) is 8.78 Å². The van der Waals surface area contributed by atoms with Gasteiger partial charge in [0, 0.05) is 11.6 Å². The number of halogens is 2. The number of rotatable bonds is 2. The van der Waals surface area contributed by atoms with Crippen molar-refractivity contribution in [2.45, 2.75) is 12.5 Å². The lowest BCUT2D eigenvalue weighted by atomic mass is 9.93. The molecule has 1 aromatic rings. The molecule has 1 aromatic carbocycles. The van der Waals surface area contributed by atoms with Gasteiger partial charge in [-0.05, 0) is 13.0 Å². The Morgan fingerprint density at radius 3 is 2.43 bits per heavy atom. The second-order valence-corrected chi connectivity index (χ2v) is 3.36. The van der Waals surface area contributed by atoms with Gasteiger partial charge >= 0.3 is 0 Å². The molecule has 0 aliphatic heterocycles. The highest BCUT2D eigenvalue weighted by molar-refractivity contribution is 5.33. The van der Waals surface area contributed by atoms with E-state index in [0.29, 0.717) is 6.07 Å². The van der Waals surface area contributed by atoms with E-state index in [1.54, 1.807) is 0 Å². The summed E-state index contributed by atoms with van der Waals surface area (Å²) in [5.74, 6) is -2.59. The van der Waals surface area contributed by atoms with Gasteiger partial charge in [0.25, 0.3) is 0 Å². The Labute approximate surface area is 79.8 Å². The zero-order valence-electron chi connectivity index (χ0n) is 7.59. The van der Waals surface area contributed by atoms with Crippen LogP contribution in [0.3, 0.4) is 0 Å². The van der Waals surface area contributed by atoms with Crippen LogP contribution in [0.5, 0.6) is 5.75 Å². The molecule has 0 spiro atoms. The Bertz CT molecular complexity index is 353. The van der Waals surface area contributed by atoms with E-state index in [1.165, 1.54) is 6.92 Å². The highest BCUT2D eigenvalue weighted by atomic mass is 19.1. The van der Waals surface area contributed by atoms with Gasteiger partial charge in [-0.1, -0.05) is 0 Å². The van der Waals surface area contributed by atoms with E-state index in [9.17, 15) is 8.78 Å². The summed E-state index contributed by atoms with van der Waals surface area (Å²) in [4.78, 5) is 0. The maximum absolute atomic E-state index is 13.2. The summed E-state index contributed by atoms with van der Waals surface area (Å²) >= 11 is 0. The van der Waals surface area contributed by atoms with Crippen molar-refractivity contribution in [1.29, 1.82) is 0 Å². The Kier molecular flexibility index (Phi) is 2.73. The van der Waals surface area contributed by atoms with E-state index < -0.39 is 29.5 Å². The normalized spacial score (nSPS) is 15.2. The number of aromatic hydroxyl groups is 1. The fourth-order valence-electron chi connectivity index (χ4n) is 1.06. The molecule has 0 amide bonds. The molecule has 0 heterocycles. The number of aliphatic hydroxyl groups excluding tert-OH is 1. The minimum absolute atomic E-state index is 0.171. The highest BCUT2D eigenvalue weighted by Crippen LogP contribution is 2.26. The van der Waals surface area contributed by atoms with Gasteiger partial charge in [-0.2, -0.15) is 0 Å². The maximum Gasteiger partial charge on any atom is 0.165 e. The third-order valence-electron chi connectivity index (χ3n) is 1.98. The molecule has 3 nitrogen and oxygen atoms in total. The molecule has 5 heteroatoms. The van der Waals surface area contributed by atoms with E-state index in [-0.39, 0.29) is 5.56 Å². The van der Waals surface area contributed by atoms with E-state index in [4.69, 9.17) is 15.9 Å². The minimum Gasteiger partial charge on any atom is -0.505 e. The molecular weight excluding hydrogens is 192 g/mol. The smallest absolute Gasteiger partial charge is 0.165 e. The molecule has 0 saturated carbocycles. The number of aliphatic hydroxyl groups is 1. The van der Waals surface area contributed by atoms with Crippen LogP contribution in [-0.2, 0) is 5.54 Å². The van der Waals surface area contributed by atoms with Gasteiger partial charge in [-0.15, -0.1) is 0 Å². The minimum atomic E-state index is -1.36. The van der Waals surface area contributed by atoms with Crippen molar-refractivity contribution in [3.05, 3.63) is 29.3 Å². The third-order valence-corrected chi connectivity index (χ3v) is 1.98. The van der Waals surface area contributed by atoms with Crippen molar-refractivity contribution >= 4 is 0 Å². The number of hydrogen-bond acceptors (Lipinski definition) is 3. The van der Waals surface area contributed by atoms with Crippen LogP contribution in [0, 0.1) is 11.6 Å². The van der Waals surface area contributed by atoms with Crippen molar-refractivity contribution in [2.75, 3.05) is 6.61 Å². The molecule has 78 valence electrons. The van der Waals surface area contributed by atoms with Gasteiger partial charge in [-0.3, -0.25) is 0 Å². The van der Waals surface area contributed by atoms with Crippen LogP contribution in [0.4, 0.5) is 8.78 Å². The topological polar surface area (TPSA) is 66.5 Å². The molecule has 0 radical (unpaired) electrons. The number of benzene rings is 1. The SMILES string of the molecule is CC(N)(CO)c1cc(F)c(O)cc1F. The molecular formula is C9H11F2NO2. The van der Waals surface area contributed by atoms with Crippen LogP contribution in [0.25, 0.3) is 0 Å².